The summed E-state index contributed by atoms with van der Waals surface area (Å²) in [4.78, 5) is 44.2. The number of benzene rings is 2. The summed E-state index contributed by atoms with van der Waals surface area (Å²) in [5, 5.41) is 7.51. The summed E-state index contributed by atoms with van der Waals surface area (Å²) in [6.07, 6.45) is 1.54. The van der Waals surface area contributed by atoms with Crippen molar-refractivity contribution < 1.29 is 42.1 Å². The van der Waals surface area contributed by atoms with Gasteiger partial charge in [-0.3, -0.25) is 4.79 Å². The minimum Gasteiger partial charge on any atom is -0.493 e. The van der Waals surface area contributed by atoms with E-state index in [2.05, 4.69) is 21.8 Å². The van der Waals surface area contributed by atoms with Crippen molar-refractivity contribution in [3.05, 3.63) is 80.8 Å². The molecule has 1 aliphatic carbocycles. The number of nitrogen functional groups attached to an aromatic ring is 2. The highest BCUT2D eigenvalue weighted by Gasteiger charge is 2.38. The number of para-hydroxylation sites is 1. The first-order valence-corrected chi connectivity index (χ1v) is 15.7. The molecule has 0 atom stereocenters. The lowest BCUT2D eigenvalue weighted by atomic mass is 9.90. The van der Waals surface area contributed by atoms with E-state index in [9.17, 15) is 22.8 Å². The van der Waals surface area contributed by atoms with Gasteiger partial charge in [-0.15, -0.1) is 0 Å². The van der Waals surface area contributed by atoms with Crippen molar-refractivity contribution >= 4 is 34.6 Å². The number of nitrogens with zero attached hydrogens (tertiary/aromatic N) is 3. The quantitative estimate of drug-likeness (QED) is 0.157. The van der Waals surface area contributed by atoms with Gasteiger partial charge in [-0.05, 0) is 62.4 Å². The van der Waals surface area contributed by atoms with Crippen LogP contribution in [0.1, 0.15) is 71.3 Å². The predicted molar refractivity (Wildman–Crippen MR) is 183 cm³/mol. The van der Waals surface area contributed by atoms with E-state index in [4.69, 9.17) is 41.3 Å². The Morgan fingerprint density at radius 3 is 2.33 bits per heavy atom. The molecule has 270 valence electrons. The highest BCUT2D eigenvalue weighted by molar-refractivity contribution is 5.95. The Labute approximate surface area is 290 Å². The Hall–Kier alpha value is -5.82. The molecule has 1 saturated carbocycles. The maximum absolute atomic E-state index is 14.0. The van der Waals surface area contributed by atoms with E-state index in [-0.39, 0.29) is 42.4 Å². The highest BCUT2D eigenvalue weighted by atomic mass is 19.4. The van der Waals surface area contributed by atoms with Gasteiger partial charge >= 0.3 is 18.1 Å². The molecule has 4 aromatic rings. The standard InChI is InChI=1S/C33H36N6O5.C2HF3O2/c1-4-44-32(41)25-18-39(24-12-10-23(34)11-13-24)26-15-19(8-9-20-6-5-7-27(42-2)30(20)43-3)14-21(28(26)29(25)40)16-22-17-37-33(36)38-31(22)35;3-2(4,5)1(6)7/h5-7,14-15,17-18,23-24H,4,10-13,16,34H2,1-3H3,(H4,35,36,37,38);(H,6,7)/t23-,24-;. The zero-order chi connectivity index (χ0) is 37.5. The third-order valence-corrected chi connectivity index (χ3v) is 8.13. The average Bonchev–Trinajstić information content (AvgIpc) is 3.08. The van der Waals surface area contributed by atoms with Crippen molar-refractivity contribution in [2.45, 2.75) is 57.3 Å². The summed E-state index contributed by atoms with van der Waals surface area (Å²) in [7, 11) is 3.13. The van der Waals surface area contributed by atoms with Crippen molar-refractivity contribution in [2.24, 2.45) is 5.73 Å². The Kier molecular flexibility index (Phi) is 12.1. The van der Waals surface area contributed by atoms with E-state index in [0.717, 1.165) is 25.7 Å². The molecule has 2 heterocycles. The van der Waals surface area contributed by atoms with Crippen LogP contribution in [0.2, 0.25) is 0 Å². The van der Waals surface area contributed by atoms with E-state index < -0.39 is 23.5 Å². The lowest BCUT2D eigenvalue weighted by Crippen LogP contribution is -2.30. The van der Waals surface area contributed by atoms with Crippen LogP contribution in [0, 0.1) is 11.8 Å². The molecule has 7 N–H and O–H groups in total. The average molecular weight is 711 g/mol. The fourth-order valence-electron chi connectivity index (χ4n) is 5.70. The lowest BCUT2D eigenvalue weighted by molar-refractivity contribution is -0.192. The number of aliphatic carboxylic acids is 1. The van der Waals surface area contributed by atoms with E-state index in [1.54, 1.807) is 39.6 Å². The molecule has 0 aliphatic heterocycles. The Balaban J connectivity index is 0.000000755. The largest absolute Gasteiger partial charge is 0.493 e. The third-order valence-electron chi connectivity index (χ3n) is 8.13. The molecule has 0 radical (unpaired) electrons. The van der Waals surface area contributed by atoms with Crippen LogP contribution < -0.4 is 32.1 Å². The van der Waals surface area contributed by atoms with Crippen LogP contribution in [0.5, 0.6) is 11.5 Å². The second kappa shape index (κ2) is 16.3. The van der Waals surface area contributed by atoms with Gasteiger partial charge in [-0.25, -0.2) is 14.6 Å². The predicted octanol–water partition coefficient (Wildman–Crippen LogP) is 4.22. The highest BCUT2D eigenvalue weighted by Crippen LogP contribution is 2.33. The van der Waals surface area contributed by atoms with Crippen LogP contribution in [-0.2, 0) is 16.0 Å². The number of carbonyl (C=O) groups is 2. The number of carboxylic acids is 1. The summed E-state index contributed by atoms with van der Waals surface area (Å²) >= 11 is 0. The van der Waals surface area contributed by atoms with Gasteiger partial charge in [0.2, 0.25) is 11.4 Å². The number of esters is 1. The maximum atomic E-state index is 14.0. The number of hydrogen-bond acceptors (Lipinski definition) is 11. The zero-order valence-electron chi connectivity index (χ0n) is 28.0. The number of fused-ring (bicyclic) bond motifs is 1. The summed E-state index contributed by atoms with van der Waals surface area (Å²) in [5.41, 5.74) is 20.8. The van der Waals surface area contributed by atoms with Crippen LogP contribution in [0.25, 0.3) is 10.9 Å². The molecule has 13 nitrogen and oxygen atoms in total. The summed E-state index contributed by atoms with van der Waals surface area (Å²) in [5.74, 6) is 4.35. The van der Waals surface area contributed by atoms with Gasteiger partial charge in [-0.2, -0.15) is 18.2 Å². The number of nitrogens with two attached hydrogens (primary N) is 3. The SMILES string of the molecule is CCOC(=O)c1cn([C@H]2CC[C@H](N)CC2)c2cc(C#Cc3cccc(OC)c3OC)cc(Cc3cnc(N)nc3N)c2c1=O.O=C(O)C(F)(F)F. The maximum Gasteiger partial charge on any atom is 0.490 e. The molecule has 0 unspecified atom stereocenters. The first kappa shape index (κ1) is 38.0. The Bertz CT molecular complexity index is 2050. The molecule has 0 saturated heterocycles. The summed E-state index contributed by atoms with van der Waals surface area (Å²) in [6, 6.07) is 9.32. The number of anilines is 2. The molecular weight excluding hydrogens is 673 g/mol. The summed E-state index contributed by atoms with van der Waals surface area (Å²) in [6.45, 7) is 1.85. The number of rotatable bonds is 7. The zero-order valence-corrected chi connectivity index (χ0v) is 28.0. The Morgan fingerprint density at radius 2 is 1.75 bits per heavy atom. The van der Waals surface area contributed by atoms with Gasteiger partial charge in [0, 0.05) is 42.0 Å². The molecule has 1 fully saturated rings. The number of pyridine rings is 1. The van der Waals surface area contributed by atoms with E-state index >= 15 is 0 Å². The smallest absolute Gasteiger partial charge is 0.490 e. The third kappa shape index (κ3) is 9.05. The molecular formula is C35H37F3N6O7. The van der Waals surface area contributed by atoms with Crippen LogP contribution in [0.3, 0.4) is 0 Å². The van der Waals surface area contributed by atoms with E-state index in [1.807, 2.05) is 28.8 Å². The second-order valence-corrected chi connectivity index (χ2v) is 11.5. The second-order valence-electron chi connectivity index (χ2n) is 11.5. The van der Waals surface area contributed by atoms with Crippen molar-refractivity contribution in [3.8, 4) is 23.3 Å². The number of carbonyl (C=O) groups excluding carboxylic acids is 1. The fourth-order valence-corrected chi connectivity index (χ4v) is 5.70. The normalized spacial score (nSPS) is 15.5. The molecule has 1 aliphatic rings. The van der Waals surface area contributed by atoms with Gasteiger partial charge in [0.05, 0.1) is 37.3 Å². The van der Waals surface area contributed by atoms with E-state index in [1.165, 1.54) is 0 Å². The van der Waals surface area contributed by atoms with Crippen LogP contribution in [0.4, 0.5) is 24.9 Å². The minimum absolute atomic E-state index is 0.0190. The first-order valence-electron chi connectivity index (χ1n) is 15.7. The number of carboxylic acid groups (broad SMARTS) is 1. The number of halogens is 3. The molecule has 0 bridgehead atoms. The molecule has 0 amide bonds. The fraction of sp³-hybridized carbons (Fsp3) is 0.343. The van der Waals surface area contributed by atoms with Crippen molar-refractivity contribution in [1.29, 1.82) is 0 Å². The number of methoxy groups -OCH3 is 2. The van der Waals surface area contributed by atoms with Gasteiger partial charge < -0.3 is 41.1 Å². The Morgan fingerprint density at radius 1 is 1.06 bits per heavy atom. The number of ether oxygens (including phenoxy) is 3. The van der Waals surface area contributed by atoms with E-state index in [0.29, 0.717) is 44.7 Å². The van der Waals surface area contributed by atoms with Gasteiger partial charge in [-0.1, -0.05) is 17.9 Å². The number of alkyl halides is 3. The molecule has 2 aromatic carbocycles. The molecule has 16 heteroatoms. The monoisotopic (exact) mass is 710 g/mol. The van der Waals surface area contributed by atoms with Crippen molar-refractivity contribution in [1.82, 2.24) is 14.5 Å². The molecule has 5 rings (SSSR count). The van der Waals surface area contributed by atoms with Crippen molar-refractivity contribution in [2.75, 3.05) is 32.3 Å². The van der Waals surface area contributed by atoms with Crippen LogP contribution >= 0.6 is 0 Å². The van der Waals surface area contributed by atoms with Crippen LogP contribution in [0.15, 0.2) is 47.5 Å². The molecule has 51 heavy (non-hydrogen) atoms. The van der Waals surface area contributed by atoms with Gasteiger partial charge in [0.1, 0.15) is 11.4 Å². The molecule has 2 aromatic heterocycles. The number of hydrogen-bond donors (Lipinski definition) is 4. The first-order chi connectivity index (χ1) is 24.2. The minimum atomic E-state index is -5.08. The van der Waals surface area contributed by atoms with Crippen molar-refractivity contribution in [3.63, 3.8) is 0 Å². The lowest BCUT2D eigenvalue weighted by Gasteiger charge is -2.30. The summed E-state index contributed by atoms with van der Waals surface area (Å²) < 4.78 is 50.0. The van der Waals surface area contributed by atoms with Gasteiger partial charge in [0.15, 0.2) is 11.5 Å². The number of aromatic nitrogens is 3. The van der Waals surface area contributed by atoms with Gasteiger partial charge in [0.25, 0.3) is 0 Å². The molecule has 0 spiro atoms. The topological polar surface area (TPSA) is 208 Å². The van der Waals surface area contributed by atoms with Crippen LogP contribution in [-0.4, -0.2) is 64.6 Å².